The predicted molar refractivity (Wildman–Crippen MR) is 100 cm³/mol. The van der Waals surface area contributed by atoms with Gasteiger partial charge < -0.3 is 10.3 Å². The van der Waals surface area contributed by atoms with Crippen molar-refractivity contribution in [2.24, 2.45) is 7.05 Å². The van der Waals surface area contributed by atoms with E-state index in [1.807, 2.05) is 42.7 Å². The van der Waals surface area contributed by atoms with Crippen LogP contribution in [-0.2, 0) is 18.4 Å². The van der Waals surface area contributed by atoms with E-state index in [9.17, 15) is 14.4 Å². The zero-order valence-electron chi connectivity index (χ0n) is 14.2. The van der Waals surface area contributed by atoms with Gasteiger partial charge in [0.05, 0.1) is 6.54 Å². The number of rotatable bonds is 5. The summed E-state index contributed by atoms with van der Waals surface area (Å²) < 4.78 is 2.35. The molecule has 2 aromatic heterocycles. The van der Waals surface area contributed by atoms with Crippen molar-refractivity contribution in [2.75, 3.05) is 5.32 Å². The number of amides is 1. The summed E-state index contributed by atoms with van der Waals surface area (Å²) in [5, 5.41) is 2.43. The molecule has 2 N–H and O–H groups in total. The first kappa shape index (κ1) is 17.2. The quantitative estimate of drug-likeness (QED) is 0.687. The van der Waals surface area contributed by atoms with Crippen molar-refractivity contribution in [3.05, 3.63) is 88.0 Å². The Morgan fingerprint density at radius 3 is 2.54 bits per heavy atom. The molecule has 1 amide bonds. The molecule has 0 saturated heterocycles. The van der Waals surface area contributed by atoms with Gasteiger partial charge in [-0.3, -0.25) is 18.7 Å². The Hall–Kier alpha value is -3.61. The van der Waals surface area contributed by atoms with Gasteiger partial charge in [-0.25, -0.2) is 4.79 Å². The van der Waals surface area contributed by atoms with Crippen LogP contribution in [-0.4, -0.2) is 20.0 Å². The average molecular weight is 350 g/mol. The maximum Gasteiger partial charge on any atom is 0.331 e. The van der Waals surface area contributed by atoms with Crippen LogP contribution in [0.3, 0.4) is 0 Å². The molecule has 0 atom stereocenters. The van der Waals surface area contributed by atoms with Crippen molar-refractivity contribution < 1.29 is 4.79 Å². The van der Waals surface area contributed by atoms with Crippen LogP contribution in [0.1, 0.15) is 5.56 Å². The topological polar surface area (TPSA) is 88.9 Å². The van der Waals surface area contributed by atoms with E-state index in [2.05, 4.69) is 16.9 Å². The zero-order valence-corrected chi connectivity index (χ0v) is 14.2. The Balaban J connectivity index is 1.92. The molecular formula is C19H18N4O3. The van der Waals surface area contributed by atoms with Crippen molar-refractivity contribution >= 4 is 11.6 Å². The molecular weight excluding hydrogens is 332 g/mol. The van der Waals surface area contributed by atoms with Gasteiger partial charge in [-0.05, 0) is 28.8 Å². The monoisotopic (exact) mass is 350 g/mol. The number of hydrogen-bond acceptors (Lipinski definition) is 3. The predicted octanol–water partition coefficient (Wildman–Crippen LogP) is 1.71. The molecule has 7 heteroatoms. The van der Waals surface area contributed by atoms with Crippen LogP contribution in [0.25, 0.3) is 11.1 Å². The molecule has 0 bridgehead atoms. The highest BCUT2D eigenvalue weighted by Gasteiger charge is 2.11. The average Bonchev–Trinajstić information content (AvgIpc) is 3.19. The van der Waals surface area contributed by atoms with E-state index < -0.39 is 17.2 Å². The normalized spacial score (nSPS) is 10.5. The Bertz CT molecular complexity index is 1060. The minimum atomic E-state index is -0.566. The number of benzene rings is 1. The molecule has 2 heterocycles. The Morgan fingerprint density at radius 2 is 1.92 bits per heavy atom. The van der Waals surface area contributed by atoms with Gasteiger partial charge in [0.25, 0.3) is 5.56 Å². The van der Waals surface area contributed by atoms with Gasteiger partial charge in [0.1, 0.15) is 5.69 Å². The molecule has 0 unspecified atom stereocenters. The molecule has 0 aliphatic heterocycles. The van der Waals surface area contributed by atoms with Crippen LogP contribution in [0.4, 0.5) is 5.69 Å². The third-order valence-electron chi connectivity index (χ3n) is 4.03. The van der Waals surface area contributed by atoms with Crippen molar-refractivity contribution in [1.82, 2.24) is 14.1 Å². The van der Waals surface area contributed by atoms with Crippen LogP contribution < -0.4 is 16.6 Å². The van der Waals surface area contributed by atoms with Crippen LogP contribution in [0.15, 0.2) is 71.2 Å². The first-order valence-electron chi connectivity index (χ1n) is 7.95. The Kier molecular flexibility index (Phi) is 4.70. The molecule has 0 aliphatic rings. The first-order chi connectivity index (χ1) is 12.5. The fraction of sp³-hybridized carbons (Fsp3) is 0.105. The Labute approximate surface area is 149 Å². The fourth-order valence-corrected chi connectivity index (χ4v) is 2.61. The maximum atomic E-state index is 12.3. The number of nitrogens with zero attached hydrogens (tertiary/aromatic N) is 2. The lowest BCUT2D eigenvalue weighted by molar-refractivity contribution is -0.111. The molecule has 0 spiro atoms. The summed E-state index contributed by atoms with van der Waals surface area (Å²) in [6.45, 7) is 3.63. The summed E-state index contributed by atoms with van der Waals surface area (Å²) in [6, 6.07) is 9.74. The number of hydrogen-bond donors (Lipinski definition) is 2. The number of carbonyl (C=O) groups is 1. The number of aromatic amines is 1. The summed E-state index contributed by atoms with van der Waals surface area (Å²) in [6.07, 6.45) is 6.17. The van der Waals surface area contributed by atoms with E-state index in [1.54, 1.807) is 0 Å². The van der Waals surface area contributed by atoms with E-state index in [1.165, 1.54) is 17.8 Å². The van der Waals surface area contributed by atoms with E-state index >= 15 is 0 Å². The molecule has 1 aromatic carbocycles. The minimum Gasteiger partial charge on any atom is -0.367 e. The van der Waals surface area contributed by atoms with Gasteiger partial charge in [0.15, 0.2) is 0 Å². The molecule has 0 fully saturated rings. The van der Waals surface area contributed by atoms with E-state index in [4.69, 9.17) is 0 Å². The summed E-state index contributed by atoms with van der Waals surface area (Å²) in [5.74, 6) is -0.511. The number of carbonyl (C=O) groups excluding carboxylic acids is 1. The third kappa shape index (κ3) is 3.41. The SMILES string of the molecule is C=CC(=O)Nc1cn(Cc2ccc(-c3cc[nH]c3)cc2)c(=O)n(C)c1=O. The first-order valence-corrected chi connectivity index (χ1v) is 7.95. The zero-order chi connectivity index (χ0) is 18.7. The van der Waals surface area contributed by atoms with Crippen LogP contribution in [0, 0.1) is 0 Å². The van der Waals surface area contributed by atoms with Gasteiger partial charge in [0, 0.05) is 25.6 Å². The molecule has 3 rings (SSSR count). The van der Waals surface area contributed by atoms with Crippen LogP contribution in [0.5, 0.6) is 0 Å². The van der Waals surface area contributed by atoms with E-state index in [0.717, 1.165) is 27.3 Å². The summed E-state index contributed by atoms with van der Waals surface area (Å²) in [7, 11) is 1.37. The minimum absolute atomic E-state index is 0.0287. The second kappa shape index (κ2) is 7.10. The Morgan fingerprint density at radius 1 is 1.19 bits per heavy atom. The third-order valence-corrected chi connectivity index (χ3v) is 4.03. The molecule has 0 saturated carbocycles. The molecule has 0 radical (unpaired) electrons. The molecule has 132 valence electrons. The lowest BCUT2D eigenvalue weighted by atomic mass is 10.1. The van der Waals surface area contributed by atoms with Crippen LogP contribution in [0.2, 0.25) is 0 Å². The second-order valence-corrected chi connectivity index (χ2v) is 5.81. The summed E-state index contributed by atoms with van der Waals surface area (Å²) in [5.41, 5.74) is 2.03. The van der Waals surface area contributed by atoms with Gasteiger partial charge in [-0.15, -0.1) is 0 Å². The van der Waals surface area contributed by atoms with E-state index in [0.29, 0.717) is 0 Å². The largest absolute Gasteiger partial charge is 0.367 e. The van der Waals surface area contributed by atoms with E-state index in [-0.39, 0.29) is 12.2 Å². The van der Waals surface area contributed by atoms with Gasteiger partial charge >= 0.3 is 5.69 Å². The highest BCUT2D eigenvalue weighted by molar-refractivity contribution is 5.98. The van der Waals surface area contributed by atoms with Crippen molar-refractivity contribution in [1.29, 1.82) is 0 Å². The summed E-state index contributed by atoms with van der Waals surface area (Å²) in [4.78, 5) is 39.0. The van der Waals surface area contributed by atoms with Crippen molar-refractivity contribution in [3.63, 3.8) is 0 Å². The highest BCUT2D eigenvalue weighted by Crippen LogP contribution is 2.19. The molecule has 3 aromatic rings. The number of aromatic nitrogens is 3. The van der Waals surface area contributed by atoms with Crippen molar-refractivity contribution in [3.8, 4) is 11.1 Å². The van der Waals surface area contributed by atoms with Gasteiger partial charge in [-0.1, -0.05) is 30.8 Å². The van der Waals surface area contributed by atoms with Gasteiger partial charge in [0.2, 0.25) is 5.91 Å². The molecule has 26 heavy (non-hydrogen) atoms. The number of nitrogens with one attached hydrogen (secondary N) is 2. The molecule has 0 aliphatic carbocycles. The van der Waals surface area contributed by atoms with Gasteiger partial charge in [-0.2, -0.15) is 0 Å². The second-order valence-electron chi connectivity index (χ2n) is 5.81. The smallest absolute Gasteiger partial charge is 0.331 e. The lowest BCUT2D eigenvalue weighted by Crippen LogP contribution is -2.39. The standard InChI is InChI=1S/C19H18N4O3/c1-3-17(24)21-16-12-23(19(26)22(2)18(16)25)11-13-4-6-14(7-5-13)15-8-9-20-10-15/h3-10,12,20H,1,11H2,2H3,(H,21,24). The number of H-pyrrole nitrogens is 1. The lowest BCUT2D eigenvalue weighted by Gasteiger charge is -2.11. The van der Waals surface area contributed by atoms with Crippen LogP contribution >= 0.6 is 0 Å². The molecule has 7 nitrogen and oxygen atoms in total. The van der Waals surface area contributed by atoms with Crippen molar-refractivity contribution in [2.45, 2.75) is 6.54 Å². The maximum absolute atomic E-state index is 12.3. The number of anilines is 1. The highest BCUT2D eigenvalue weighted by atomic mass is 16.2. The fourth-order valence-electron chi connectivity index (χ4n) is 2.61. The summed E-state index contributed by atoms with van der Waals surface area (Å²) >= 11 is 0.